The van der Waals surface area contributed by atoms with Gasteiger partial charge >= 0.3 is 0 Å². The van der Waals surface area contributed by atoms with Crippen molar-refractivity contribution >= 4 is 5.91 Å². The first-order chi connectivity index (χ1) is 13.1. The first-order valence-electron chi connectivity index (χ1n) is 9.85. The summed E-state index contributed by atoms with van der Waals surface area (Å²) in [7, 11) is 0. The fourth-order valence-electron chi connectivity index (χ4n) is 4.82. The number of nitrogens with zero attached hydrogens (tertiary/aromatic N) is 2. The molecule has 0 saturated carbocycles. The maximum atomic E-state index is 13.1. The minimum absolute atomic E-state index is 0.0566. The van der Waals surface area contributed by atoms with E-state index >= 15 is 0 Å². The molecule has 1 aromatic carbocycles. The second-order valence-electron chi connectivity index (χ2n) is 8.39. The van der Waals surface area contributed by atoms with Gasteiger partial charge in [-0.2, -0.15) is 5.10 Å². The predicted octanol–water partition coefficient (Wildman–Crippen LogP) is 3.11. The standard InChI is InChI=1S/C21H25N3O3/c1-21(11-14-6-7-17-18(10-14)27-13-26-17)8-3-9-24(12-21)20(25)19-15-4-2-5-16(15)22-23-19/h6-7,10H,2-5,8-9,11-13H2,1H3,(H,22,23)/t21-/m1/s1. The third-order valence-corrected chi connectivity index (χ3v) is 6.14. The Bertz CT molecular complexity index is 891. The van der Waals surface area contributed by atoms with Crippen molar-refractivity contribution in [3.05, 3.63) is 40.7 Å². The number of H-pyrrole nitrogens is 1. The second kappa shape index (κ2) is 6.29. The largest absolute Gasteiger partial charge is 0.454 e. The smallest absolute Gasteiger partial charge is 0.274 e. The highest BCUT2D eigenvalue weighted by Crippen LogP contribution is 2.38. The van der Waals surface area contributed by atoms with E-state index in [9.17, 15) is 4.79 Å². The number of aromatic nitrogens is 2. The van der Waals surface area contributed by atoms with Crippen LogP contribution in [0, 0.1) is 5.41 Å². The maximum absolute atomic E-state index is 13.1. The molecule has 142 valence electrons. The zero-order chi connectivity index (χ0) is 18.4. The Morgan fingerprint density at radius 2 is 2.15 bits per heavy atom. The summed E-state index contributed by atoms with van der Waals surface area (Å²) in [5.74, 6) is 1.73. The maximum Gasteiger partial charge on any atom is 0.274 e. The quantitative estimate of drug-likeness (QED) is 0.905. The normalized spacial score (nSPS) is 23.5. The fourth-order valence-corrected chi connectivity index (χ4v) is 4.82. The van der Waals surface area contributed by atoms with E-state index < -0.39 is 0 Å². The lowest BCUT2D eigenvalue weighted by molar-refractivity contribution is 0.0544. The number of likely N-dealkylation sites (tertiary alicyclic amines) is 1. The van der Waals surface area contributed by atoms with E-state index in [0.717, 1.165) is 74.4 Å². The van der Waals surface area contributed by atoms with Crippen molar-refractivity contribution in [2.24, 2.45) is 5.41 Å². The SMILES string of the molecule is C[C@]1(Cc2ccc3c(c2)OCO3)CCCN(C(=O)c2n[nH]c3c2CCC3)C1. The summed E-state index contributed by atoms with van der Waals surface area (Å²) >= 11 is 0. The van der Waals surface area contributed by atoms with Crippen LogP contribution in [0.5, 0.6) is 11.5 Å². The number of hydrogen-bond acceptors (Lipinski definition) is 4. The first-order valence-corrected chi connectivity index (χ1v) is 9.85. The number of aromatic amines is 1. The van der Waals surface area contributed by atoms with E-state index in [1.807, 2.05) is 11.0 Å². The van der Waals surface area contributed by atoms with Gasteiger partial charge in [-0.25, -0.2) is 0 Å². The van der Waals surface area contributed by atoms with Crippen LogP contribution < -0.4 is 9.47 Å². The third-order valence-electron chi connectivity index (χ3n) is 6.14. The molecule has 0 spiro atoms. The summed E-state index contributed by atoms with van der Waals surface area (Å²) < 4.78 is 10.9. The number of aryl methyl sites for hydroxylation is 1. The Morgan fingerprint density at radius 3 is 3.07 bits per heavy atom. The molecular formula is C21H25N3O3. The monoisotopic (exact) mass is 367 g/mol. The Balaban J connectivity index is 1.33. The van der Waals surface area contributed by atoms with Crippen LogP contribution in [0.3, 0.4) is 0 Å². The molecule has 1 amide bonds. The highest BCUT2D eigenvalue weighted by Gasteiger charge is 2.36. The lowest BCUT2D eigenvalue weighted by atomic mass is 9.77. The molecule has 6 nitrogen and oxygen atoms in total. The van der Waals surface area contributed by atoms with Crippen molar-refractivity contribution in [1.29, 1.82) is 0 Å². The van der Waals surface area contributed by atoms with Crippen LogP contribution in [0.25, 0.3) is 0 Å². The number of fused-ring (bicyclic) bond motifs is 2. The summed E-state index contributed by atoms with van der Waals surface area (Å²) in [5, 5.41) is 7.40. The number of ether oxygens (including phenoxy) is 2. The average Bonchev–Trinajstić information content (AvgIpc) is 3.37. The van der Waals surface area contributed by atoms with E-state index in [1.54, 1.807) is 0 Å². The lowest BCUT2D eigenvalue weighted by Gasteiger charge is -2.40. The molecule has 6 heteroatoms. The van der Waals surface area contributed by atoms with E-state index in [2.05, 4.69) is 29.3 Å². The van der Waals surface area contributed by atoms with Gasteiger partial charge in [0, 0.05) is 24.3 Å². The summed E-state index contributed by atoms with van der Waals surface area (Å²) in [4.78, 5) is 15.1. The zero-order valence-electron chi connectivity index (χ0n) is 15.7. The molecule has 3 heterocycles. The number of piperidine rings is 1. The van der Waals surface area contributed by atoms with Gasteiger partial charge in [-0.3, -0.25) is 9.89 Å². The molecule has 0 radical (unpaired) electrons. The van der Waals surface area contributed by atoms with Crippen molar-refractivity contribution in [2.75, 3.05) is 19.9 Å². The number of rotatable bonds is 3. The number of nitrogens with one attached hydrogen (secondary N) is 1. The van der Waals surface area contributed by atoms with E-state index in [1.165, 1.54) is 5.56 Å². The van der Waals surface area contributed by atoms with E-state index in [4.69, 9.17) is 9.47 Å². The van der Waals surface area contributed by atoms with Gasteiger partial charge in [0.05, 0.1) is 0 Å². The van der Waals surface area contributed by atoms with Crippen LogP contribution in [0.1, 0.15) is 53.5 Å². The number of hydrogen-bond donors (Lipinski definition) is 1. The highest BCUT2D eigenvalue weighted by atomic mass is 16.7. The molecule has 1 aromatic heterocycles. The van der Waals surface area contributed by atoms with Gasteiger partial charge in [0.25, 0.3) is 5.91 Å². The van der Waals surface area contributed by atoms with Gasteiger partial charge in [-0.1, -0.05) is 13.0 Å². The van der Waals surface area contributed by atoms with Gasteiger partial charge in [-0.15, -0.1) is 0 Å². The summed E-state index contributed by atoms with van der Waals surface area (Å²) in [6, 6.07) is 6.18. The Labute approximate surface area is 158 Å². The van der Waals surface area contributed by atoms with Gasteiger partial charge in [-0.05, 0) is 61.6 Å². The molecule has 1 N–H and O–H groups in total. The van der Waals surface area contributed by atoms with Crippen molar-refractivity contribution in [2.45, 2.75) is 45.4 Å². The molecule has 1 saturated heterocycles. The van der Waals surface area contributed by atoms with Crippen LogP contribution in [0.15, 0.2) is 18.2 Å². The van der Waals surface area contributed by atoms with Crippen LogP contribution in [-0.4, -0.2) is 40.9 Å². The molecule has 5 rings (SSSR count). The van der Waals surface area contributed by atoms with Gasteiger partial charge < -0.3 is 14.4 Å². The van der Waals surface area contributed by atoms with E-state index in [0.29, 0.717) is 12.5 Å². The fraction of sp³-hybridized carbons (Fsp3) is 0.524. The molecule has 27 heavy (non-hydrogen) atoms. The topological polar surface area (TPSA) is 67.5 Å². The summed E-state index contributed by atoms with van der Waals surface area (Å²) in [6.07, 6.45) is 6.16. The zero-order valence-corrected chi connectivity index (χ0v) is 15.7. The molecule has 3 aliphatic rings. The Hall–Kier alpha value is -2.50. The average molecular weight is 367 g/mol. The molecule has 2 aromatic rings. The van der Waals surface area contributed by atoms with Gasteiger partial charge in [0.1, 0.15) is 0 Å². The van der Waals surface area contributed by atoms with E-state index in [-0.39, 0.29) is 11.3 Å². The molecule has 0 bridgehead atoms. The highest BCUT2D eigenvalue weighted by molar-refractivity contribution is 5.94. The van der Waals surface area contributed by atoms with Crippen LogP contribution >= 0.6 is 0 Å². The Morgan fingerprint density at radius 1 is 1.26 bits per heavy atom. The van der Waals surface area contributed by atoms with Crippen molar-refractivity contribution in [1.82, 2.24) is 15.1 Å². The third kappa shape index (κ3) is 2.97. The van der Waals surface area contributed by atoms with Crippen molar-refractivity contribution in [3.8, 4) is 11.5 Å². The summed E-state index contributed by atoms with van der Waals surface area (Å²) in [6.45, 7) is 4.16. The lowest BCUT2D eigenvalue weighted by Crippen LogP contribution is -2.46. The number of amides is 1. The minimum Gasteiger partial charge on any atom is -0.454 e. The molecule has 0 unspecified atom stereocenters. The number of carbonyl (C=O) groups excluding carboxylic acids is 1. The van der Waals surface area contributed by atoms with Crippen LogP contribution in [0.2, 0.25) is 0 Å². The predicted molar refractivity (Wildman–Crippen MR) is 100 cm³/mol. The van der Waals surface area contributed by atoms with Crippen molar-refractivity contribution in [3.63, 3.8) is 0 Å². The summed E-state index contributed by atoms with van der Waals surface area (Å²) in [5.41, 5.74) is 4.23. The second-order valence-corrected chi connectivity index (χ2v) is 8.39. The van der Waals surface area contributed by atoms with Crippen LogP contribution in [-0.2, 0) is 19.3 Å². The molecule has 1 fully saturated rings. The first kappa shape index (κ1) is 16.7. The molecule has 2 aliphatic heterocycles. The van der Waals surface area contributed by atoms with Gasteiger partial charge in [0.15, 0.2) is 17.2 Å². The molecule has 1 atom stereocenters. The van der Waals surface area contributed by atoms with Crippen molar-refractivity contribution < 1.29 is 14.3 Å². The number of carbonyl (C=O) groups is 1. The molecule has 1 aliphatic carbocycles. The minimum atomic E-state index is 0.0566. The van der Waals surface area contributed by atoms with Gasteiger partial charge in [0.2, 0.25) is 6.79 Å². The van der Waals surface area contributed by atoms with Crippen LogP contribution in [0.4, 0.5) is 0 Å². The molecular weight excluding hydrogens is 342 g/mol. The Kier molecular flexibility index (Phi) is 3.88. The number of benzene rings is 1.